The van der Waals surface area contributed by atoms with Crippen LogP contribution in [0.5, 0.6) is 0 Å². The number of nitrogens with zero attached hydrogens (tertiary/aromatic N) is 1. The van der Waals surface area contributed by atoms with Crippen molar-refractivity contribution in [1.82, 2.24) is 0 Å². The number of carbonyl (C=O) groups excluding carboxylic acids is 1. The van der Waals surface area contributed by atoms with Gasteiger partial charge >= 0.3 is 51.4 Å². The number of ketones is 1. The van der Waals surface area contributed by atoms with Crippen LogP contribution in [-0.4, -0.2) is 12.0 Å². The molecule has 0 N–H and O–H groups in total. The second kappa shape index (κ2) is 14.9. The van der Waals surface area contributed by atoms with Gasteiger partial charge in [-0.05, 0) is 13.8 Å². The van der Waals surface area contributed by atoms with Crippen LogP contribution in [0.1, 0.15) is 35.3 Å². The molecule has 0 bridgehead atoms. The molecule has 0 saturated carbocycles. The number of allylic oxidation sites excluding steroid dienone is 3. The van der Waals surface area contributed by atoms with Crippen LogP contribution in [0.3, 0.4) is 0 Å². The Balaban J connectivity index is 0. The van der Waals surface area contributed by atoms with Crippen molar-refractivity contribution in [2.75, 3.05) is 0 Å². The summed E-state index contributed by atoms with van der Waals surface area (Å²) in [5.74, 6) is 5.72. The molecule has 0 aliphatic carbocycles. The van der Waals surface area contributed by atoms with Crippen molar-refractivity contribution in [3.8, 4) is 11.8 Å². The van der Waals surface area contributed by atoms with Gasteiger partial charge in [0.2, 0.25) is 0 Å². The van der Waals surface area contributed by atoms with Gasteiger partial charge in [0.15, 0.2) is 5.78 Å². The van der Waals surface area contributed by atoms with Crippen molar-refractivity contribution in [2.45, 2.75) is 20.8 Å². The Hall–Kier alpha value is -1.02. The zero-order valence-corrected chi connectivity index (χ0v) is 16.7. The van der Waals surface area contributed by atoms with Crippen LogP contribution in [0.25, 0.3) is 0 Å². The third-order valence-electron chi connectivity index (χ3n) is 2.31. The molecule has 1 rings (SSSR count). The largest absolute Gasteiger partial charge is 1.00 e. The summed E-state index contributed by atoms with van der Waals surface area (Å²) in [6.45, 7) is 13.3. The predicted molar refractivity (Wildman–Crippen MR) is 88.1 cm³/mol. The normalized spacial score (nSPS) is 9.05. The minimum atomic E-state index is 0. The minimum Gasteiger partial charge on any atom is -0.482 e. The van der Waals surface area contributed by atoms with E-state index in [1.807, 2.05) is 13.0 Å². The number of carbonyl (C=O) groups is 1. The second-order valence-corrected chi connectivity index (χ2v) is 3.89. The quantitative estimate of drug-likeness (QED) is 0.204. The maximum Gasteiger partial charge on any atom is 1.00 e. The molecule has 0 atom stereocenters. The summed E-state index contributed by atoms with van der Waals surface area (Å²) in [7, 11) is 0. The van der Waals surface area contributed by atoms with Crippen LogP contribution in [0.2, 0.25) is 0 Å². The van der Waals surface area contributed by atoms with E-state index in [9.17, 15) is 4.79 Å². The van der Waals surface area contributed by atoms with Crippen LogP contribution in [0.15, 0.2) is 48.1 Å². The molecular weight excluding hydrogens is 297 g/mol. The number of rotatable bonds is 3. The van der Waals surface area contributed by atoms with Crippen LogP contribution >= 0.6 is 0 Å². The van der Waals surface area contributed by atoms with Gasteiger partial charge < -0.3 is 10.9 Å². The number of aliphatic imine (C=N–C) groups is 1. The number of Topliss-reactive ketones (excluding diaryl/α,β-unsaturated/α-hetero) is 1. The molecule has 0 aromatic heterocycles. The van der Waals surface area contributed by atoms with E-state index in [2.05, 4.69) is 35.7 Å². The number of hydrogen-bond acceptors (Lipinski definition) is 2. The van der Waals surface area contributed by atoms with E-state index in [1.54, 1.807) is 26.0 Å². The van der Waals surface area contributed by atoms with Crippen molar-refractivity contribution < 1.29 is 56.2 Å². The first-order valence-corrected chi connectivity index (χ1v) is 6.29. The van der Waals surface area contributed by atoms with E-state index in [1.165, 1.54) is 18.4 Å². The summed E-state index contributed by atoms with van der Waals surface area (Å²) < 4.78 is 0. The van der Waals surface area contributed by atoms with E-state index >= 15 is 0 Å². The summed E-state index contributed by atoms with van der Waals surface area (Å²) in [4.78, 5) is 15.0. The number of aryl methyl sites for hydroxylation is 1. The van der Waals surface area contributed by atoms with Crippen molar-refractivity contribution >= 4 is 12.0 Å². The van der Waals surface area contributed by atoms with Gasteiger partial charge in [0, 0.05) is 5.56 Å². The van der Waals surface area contributed by atoms with Crippen LogP contribution in [0.4, 0.5) is 0 Å². The fourth-order valence-corrected chi connectivity index (χ4v) is 1.21. The molecule has 0 aliphatic heterocycles. The molecule has 0 radical (unpaired) electrons. The Bertz CT molecular complexity index is 610. The van der Waals surface area contributed by atoms with Crippen LogP contribution in [-0.2, 0) is 0 Å². The van der Waals surface area contributed by atoms with Crippen LogP contribution in [0, 0.1) is 31.4 Å². The molecule has 0 unspecified atom stereocenters. The number of benzene rings is 1. The van der Waals surface area contributed by atoms with Crippen molar-refractivity contribution in [2.24, 2.45) is 4.99 Å². The van der Waals surface area contributed by atoms with E-state index in [0.717, 1.165) is 11.1 Å². The van der Waals surface area contributed by atoms with Gasteiger partial charge in [-0.2, -0.15) is 12.8 Å². The third-order valence-corrected chi connectivity index (χ3v) is 2.31. The van der Waals surface area contributed by atoms with Gasteiger partial charge in [-0.25, -0.2) is 18.4 Å². The summed E-state index contributed by atoms with van der Waals surface area (Å²) in [5, 5.41) is 0. The Morgan fingerprint density at radius 2 is 2.09 bits per heavy atom. The molecule has 108 valence electrons. The zero-order chi connectivity index (χ0) is 16.1. The SMILES string of the molecule is C[C-]=NC=[C-]C#Cc1cc(C(C)=O)ccc1C.[CH-]=CC=C.[K+]. The maximum absolute atomic E-state index is 11.2. The zero-order valence-electron chi connectivity index (χ0n) is 13.6. The molecule has 0 fully saturated rings. The molecule has 0 heterocycles. The second-order valence-electron chi connectivity index (χ2n) is 3.89. The summed E-state index contributed by atoms with van der Waals surface area (Å²) >= 11 is 0. The average Bonchev–Trinajstić information content (AvgIpc) is 2.48. The van der Waals surface area contributed by atoms with Crippen molar-refractivity contribution in [3.05, 3.63) is 72.5 Å². The molecule has 22 heavy (non-hydrogen) atoms. The van der Waals surface area contributed by atoms with Gasteiger partial charge in [-0.1, -0.05) is 29.3 Å². The fraction of sp³-hybridized carbons (Fsp3) is 0.158. The molecule has 2 nitrogen and oxygen atoms in total. The molecule has 3 heteroatoms. The Labute approximate surface area is 176 Å². The van der Waals surface area contributed by atoms with E-state index in [4.69, 9.17) is 6.58 Å². The molecule has 0 aliphatic rings. The Morgan fingerprint density at radius 1 is 1.45 bits per heavy atom. The minimum absolute atomic E-state index is 0. The topological polar surface area (TPSA) is 29.4 Å². The molecule has 0 saturated heterocycles. The first kappa shape index (κ1) is 23.2. The standard InChI is InChI=1S/C15H13NO.C4H5.K/c1-4-16-10-6-5-7-14-11-15(13(3)17)9-8-12(14)2;1-3-4-2;/h8-11H,1-3H3;1,3-4H,2H2;/q-2;-1;+1. The van der Waals surface area contributed by atoms with Gasteiger partial charge in [0.1, 0.15) is 0 Å². The first-order valence-electron chi connectivity index (χ1n) is 6.29. The average molecular weight is 315 g/mol. The van der Waals surface area contributed by atoms with E-state index in [-0.39, 0.29) is 57.2 Å². The smallest absolute Gasteiger partial charge is 0.482 e. The predicted octanol–water partition coefficient (Wildman–Crippen LogP) is 0.999. The van der Waals surface area contributed by atoms with Crippen LogP contribution < -0.4 is 51.4 Å². The van der Waals surface area contributed by atoms with Crippen molar-refractivity contribution in [3.63, 3.8) is 0 Å². The fourth-order valence-electron chi connectivity index (χ4n) is 1.21. The maximum atomic E-state index is 11.2. The molecule has 0 amide bonds. The Morgan fingerprint density at radius 3 is 2.59 bits per heavy atom. The van der Waals surface area contributed by atoms with E-state index < -0.39 is 0 Å². The monoisotopic (exact) mass is 315 g/mol. The number of hydrogen-bond donors (Lipinski definition) is 0. The first-order chi connectivity index (χ1) is 10.1. The summed E-state index contributed by atoms with van der Waals surface area (Å²) in [6.07, 6.45) is 9.68. The molecule has 1 aromatic carbocycles. The summed E-state index contributed by atoms with van der Waals surface area (Å²) in [6, 6.07) is 5.49. The Kier molecular flexibility index (Phi) is 15.7. The molecule has 1 aromatic rings. The van der Waals surface area contributed by atoms with Gasteiger partial charge in [-0.3, -0.25) is 23.4 Å². The van der Waals surface area contributed by atoms with Gasteiger partial charge in [-0.15, -0.1) is 6.92 Å². The molecule has 0 spiro atoms. The van der Waals surface area contributed by atoms with E-state index in [0.29, 0.717) is 5.56 Å². The van der Waals surface area contributed by atoms with Gasteiger partial charge in [0.25, 0.3) is 0 Å². The molecular formula is C19H18KNO-2. The third kappa shape index (κ3) is 10.7. The van der Waals surface area contributed by atoms with Crippen molar-refractivity contribution in [1.29, 1.82) is 0 Å². The summed E-state index contributed by atoms with van der Waals surface area (Å²) in [5.41, 5.74) is 2.54. The van der Waals surface area contributed by atoms with Gasteiger partial charge in [0.05, 0.1) is 0 Å².